The van der Waals surface area contributed by atoms with Gasteiger partial charge < -0.3 is 10.1 Å². The van der Waals surface area contributed by atoms with Gasteiger partial charge in [-0.25, -0.2) is 4.98 Å². The molecule has 3 aromatic rings. The van der Waals surface area contributed by atoms with Crippen molar-refractivity contribution in [1.29, 1.82) is 0 Å². The zero-order valence-corrected chi connectivity index (χ0v) is 16.1. The number of pyridine rings is 1. The van der Waals surface area contributed by atoms with Crippen LogP contribution in [-0.2, 0) is 4.79 Å². The van der Waals surface area contributed by atoms with E-state index in [1.54, 1.807) is 6.92 Å². The van der Waals surface area contributed by atoms with E-state index in [2.05, 4.69) is 31.1 Å². The number of aromatic nitrogens is 3. The van der Waals surface area contributed by atoms with Crippen LogP contribution in [0, 0.1) is 5.92 Å². The molecule has 1 amide bonds. The summed E-state index contributed by atoms with van der Waals surface area (Å²) in [6, 6.07) is 9.45. The Hall–Kier alpha value is -3.23. The Labute approximate surface area is 170 Å². The highest BCUT2D eigenvalue weighted by Crippen LogP contribution is 2.48. The van der Waals surface area contributed by atoms with Crippen molar-refractivity contribution in [3.05, 3.63) is 60.2 Å². The van der Waals surface area contributed by atoms with Crippen LogP contribution in [0.15, 0.2) is 48.9 Å². The number of nitrogens with zero attached hydrogens (tertiary/aromatic N) is 3. The number of hydrogen-bond acceptors (Lipinski definition) is 5. The Morgan fingerprint density at radius 3 is 2.73 bits per heavy atom. The van der Waals surface area contributed by atoms with E-state index in [1.165, 1.54) is 6.20 Å². The average Bonchev–Trinajstić information content (AvgIpc) is 3.53. The molecule has 3 atom stereocenters. The summed E-state index contributed by atoms with van der Waals surface area (Å²) < 4.78 is 41.1. The van der Waals surface area contributed by atoms with Crippen molar-refractivity contribution in [2.75, 3.05) is 6.61 Å². The summed E-state index contributed by atoms with van der Waals surface area (Å²) in [5.74, 6) is -0.336. The largest absolute Gasteiger partial charge is 0.467 e. The number of para-hydroxylation sites is 1. The molecule has 0 aliphatic heterocycles. The van der Waals surface area contributed by atoms with Crippen molar-refractivity contribution in [2.24, 2.45) is 5.92 Å². The molecule has 9 heteroatoms. The molecule has 1 fully saturated rings. The van der Waals surface area contributed by atoms with Gasteiger partial charge in [0.2, 0.25) is 11.8 Å². The molecule has 0 saturated heterocycles. The number of halogens is 3. The Morgan fingerprint density at radius 2 is 2.00 bits per heavy atom. The molecule has 156 valence electrons. The van der Waals surface area contributed by atoms with Crippen LogP contribution in [0.4, 0.5) is 13.2 Å². The Bertz CT molecular complexity index is 1060. The molecular weight excluding hydrogens is 397 g/mol. The summed E-state index contributed by atoms with van der Waals surface area (Å²) in [6.07, 6.45) is 0.533. The van der Waals surface area contributed by atoms with E-state index in [0.29, 0.717) is 5.69 Å². The van der Waals surface area contributed by atoms with Gasteiger partial charge >= 0.3 is 6.18 Å². The molecule has 0 spiro atoms. The average molecular weight is 416 g/mol. The maximum Gasteiger partial charge on any atom is 0.422 e. The molecule has 1 aliphatic rings. The highest BCUT2D eigenvalue weighted by atomic mass is 19.4. The molecule has 2 aromatic heterocycles. The van der Waals surface area contributed by atoms with Crippen LogP contribution in [0.5, 0.6) is 5.88 Å². The smallest absolute Gasteiger partial charge is 0.422 e. The molecular formula is C21H19F3N4O2. The second-order valence-electron chi connectivity index (χ2n) is 7.32. The Kier molecular flexibility index (Phi) is 5.27. The van der Waals surface area contributed by atoms with Crippen LogP contribution in [0.25, 0.3) is 10.9 Å². The number of amides is 1. The first kappa shape index (κ1) is 20.1. The van der Waals surface area contributed by atoms with Crippen molar-refractivity contribution >= 4 is 16.8 Å². The van der Waals surface area contributed by atoms with Crippen molar-refractivity contribution in [3.63, 3.8) is 0 Å². The molecule has 1 saturated carbocycles. The molecule has 30 heavy (non-hydrogen) atoms. The number of benzene rings is 1. The standard InChI is InChI=1S/C21H19F3N4O2/c1-12(18-9-27-19(10-26-18)30-11-21(22,23)24)28-20(29)16-7-15(16)14-6-13-4-2-3-5-17(13)25-8-14/h2-6,8-10,12,15-16H,7,11H2,1H3,(H,28,29)/t12-,15?,16?/m1/s1. The first-order valence-electron chi connectivity index (χ1n) is 9.47. The van der Waals surface area contributed by atoms with Gasteiger partial charge in [-0.1, -0.05) is 18.2 Å². The number of carbonyl (C=O) groups excluding carboxylic acids is 1. The summed E-state index contributed by atoms with van der Waals surface area (Å²) >= 11 is 0. The third-order valence-electron chi connectivity index (χ3n) is 5.00. The van der Waals surface area contributed by atoms with E-state index < -0.39 is 18.8 Å². The van der Waals surface area contributed by atoms with Crippen molar-refractivity contribution in [3.8, 4) is 5.88 Å². The van der Waals surface area contributed by atoms with Gasteiger partial charge in [-0.15, -0.1) is 0 Å². The number of nitrogens with one attached hydrogen (secondary N) is 1. The SMILES string of the molecule is C[C@@H](NC(=O)C1CC1c1cnc2ccccc2c1)c1cnc(OCC(F)(F)F)cn1. The second kappa shape index (κ2) is 7.89. The fraction of sp³-hybridized carbons (Fsp3) is 0.333. The monoisotopic (exact) mass is 416 g/mol. The van der Waals surface area contributed by atoms with Crippen LogP contribution in [0.2, 0.25) is 0 Å². The van der Waals surface area contributed by atoms with Gasteiger partial charge in [0.15, 0.2) is 6.61 Å². The number of fused-ring (bicyclic) bond motifs is 1. The number of alkyl halides is 3. The third kappa shape index (κ3) is 4.67. The van der Waals surface area contributed by atoms with E-state index >= 15 is 0 Å². The number of ether oxygens (including phenoxy) is 1. The predicted octanol–water partition coefficient (Wildman–Crippen LogP) is 3.95. The number of carbonyl (C=O) groups is 1. The summed E-state index contributed by atoms with van der Waals surface area (Å²) in [7, 11) is 0. The maximum atomic E-state index is 12.6. The highest BCUT2D eigenvalue weighted by Gasteiger charge is 2.44. The van der Waals surface area contributed by atoms with Crippen molar-refractivity contribution in [2.45, 2.75) is 31.5 Å². The summed E-state index contributed by atoms with van der Waals surface area (Å²) in [6.45, 7) is 0.313. The van der Waals surface area contributed by atoms with Crippen molar-refractivity contribution < 1.29 is 22.7 Å². The molecule has 4 rings (SSSR count). The van der Waals surface area contributed by atoms with Crippen LogP contribution in [-0.4, -0.2) is 33.6 Å². The second-order valence-corrected chi connectivity index (χ2v) is 7.32. The van der Waals surface area contributed by atoms with Crippen LogP contribution < -0.4 is 10.1 Å². The lowest BCUT2D eigenvalue weighted by Gasteiger charge is -2.14. The van der Waals surface area contributed by atoms with Crippen molar-refractivity contribution in [1.82, 2.24) is 20.3 Å². The molecule has 1 aromatic carbocycles. The lowest BCUT2D eigenvalue weighted by atomic mass is 10.1. The van der Waals surface area contributed by atoms with Gasteiger partial charge in [0.1, 0.15) is 0 Å². The molecule has 1 N–H and O–H groups in total. The lowest BCUT2D eigenvalue weighted by Crippen LogP contribution is -2.29. The molecule has 0 bridgehead atoms. The maximum absolute atomic E-state index is 12.6. The van der Waals surface area contributed by atoms with E-state index in [9.17, 15) is 18.0 Å². The molecule has 6 nitrogen and oxygen atoms in total. The highest BCUT2D eigenvalue weighted by molar-refractivity contribution is 5.84. The lowest BCUT2D eigenvalue weighted by molar-refractivity contribution is -0.154. The zero-order valence-electron chi connectivity index (χ0n) is 16.1. The first-order chi connectivity index (χ1) is 14.3. The van der Waals surface area contributed by atoms with Gasteiger partial charge in [0.25, 0.3) is 0 Å². The van der Waals surface area contributed by atoms with Gasteiger partial charge in [0, 0.05) is 17.5 Å². The zero-order chi connectivity index (χ0) is 21.3. The van der Waals surface area contributed by atoms with Gasteiger partial charge in [-0.3, -0.25) is 14.8 Å². The molecule has 0 radical (unpaired) electrons. The molecule has 1 aliphatic carbocycles. The van der Waals surface area contributed by atoms with Gasteiger partial charge in [-0.05, 0) is 37.0 Å². The summed E-state index contributed by atoms with van der Waals surface area (Å²) in [4.78, 5) is 24.9. The van der Waals surface area contributed by atoms with Gasteiger partial charge in [0.05, 0.1) is 29.6 Å². The summed E-state index contributed by atoms with van der Waals surface area (Å²) in [5, 5.41) is 3.93. The van der Waals surface area contributed by atoms with Crippen LogP contribution in [0.3, 0.4) is 0 Å². The Morgan fingerprint density at radius 1 is 1.20 bits per heavy atom. The van der Waals surface area contributed by atoms with E-state index in [1.807, 2.05) is 30.5 Å². The predicted molar refractivity (Wildman–Crippen MR) is 103 cm³/mol. The Balaban J connectivity index is 1.33. The van der Waals surface area contributed by atoms with Crippen LogP contribution in [0.1, 0.15) is 36.6 Å². The fourth-order valence-corrected chi connectivity index (χ4v) is 3.32. The van der Waals surface area contributed by atoms with Gasteiger partial charge in [-0.2, -0.15) is 13.2 Å². The minimum Gasteiger partial charge on any atom is -0.467 e. The fourth-order valence-electron chi connectivity index (χ4n) is 3.32. The van der Waals surface area contributed by atoms with E-state index in [-0.39, 0.29) is 23.6 Å². The van der Waals surface area contributed by atoms with Crippen LogP contribution >= 0.6 is 0 Å². The quantitative estimate of drug-likeness (QED) is 0.659. The topological polar surface area (TPSA) is 77.0 Å². The summed E-state index contributed by atoms with van der Waals surface area (Å²) in [5.41, 5.74) is 2.39. The van der Waals surface area contributed by atoms with E-state index in [0.717, 1.165) is 29.1 Å². The number of rotatable bonds is 6. The number of hydrogen-bond donors (Lipinski definition) is 1. The minimum absolute atomic E-state index is 0.0974. The molecule has 2 heterocycles. The molecule has 2 unspecified atom stereocenters. The third-order valence-corrected chi connectivity index (χ3v) is 5.00. The minimum atomic E-state index is -4.44. The first-order valence-corrected chi connectivity index (χ1v) is 9.47. The normalized spacial score (nSPS) is 19.3. The van der Waals surface area contributed by atoms with E-state index in [4.69, 9.17) is 0 Å².